The van der Waals surface area contributed by atoms with Gasteiger partial charge in [0.15, 0.2) is 5.96 Å². The molecule has 2 rings (SSSR count). The van der Waals surface area contributed by atoms with Gasteiger partial charge in [0, 0.05) is 46.1 Å². The predicted molar refractivity (Wildman–Crippen MR) is 118 cm³/mol. The van der Waals surface area contributed by atoms with Crippen LogP contribution in [0.4, 0.5) is 0 Å². The number of nitrogens with one attached hydrogen (secondary N) is 2. The summed E-state index contributed by atoms with van der Waals surface area (Å²) in [7, 11) is 3.44. The fraction of sp³-hybridized carbons (Fsp3) is 0.684. The summed E-state index contributed by atoms with van der Waals surface area (Å²) >= 11 is 0. The van der Waals surface area contributed by atoms with Gasteiger partial charge in [-0.1, -0.05) is 0 Å². The van der Waals surface area contributed by atoms with Gasteiger partial charge in [-0.05, 0) is 43.7 Å². The van der Waals surface area contributed by atoms with Crippen molar-refractivity contribution in [3.05, 3.63) is 23.9 Å². The average molecular weight is 492 g/mol. The smallest absolute Gasteiger partial charge is 0.213 e. The lowest BCUT2D eigenvalue weighted by molar-refractivity contribution is 0.0698. The van der Waals surface area contributed by atoms with Crippen molar-refractivity contribution in [2.75, 3.05) is 40.5 Å². The highest BCUT2D eigenvalue weighted by Gasteiger charge is 2.17. The number of hydrogen-bond donors (Lipinski definition) is 2. The molecule has 7 nitrogen and oxygen atoms in total. The summed E-state index contributed by atoms with van der Waals surface area (Å²) in [6.45, 7) is 3.46. The number of hydrogen-bond acceptors (Lipinski definition) is 5. The Kier molecular flexibility index (Phi) is 13.2. The lowest BCUT2D eigenvalue weighted by Crippen LogP contribution is -2.37. The predicted octanol–water partition coefficient (Wildman–Crippen LogP) is 2.74. The van der Waals surface area contributed by atoms with E-state index in [9.17, 15) is 0 Å². The second-order valence-electron chi connectivity index (χ2n) is 6.34. The van der Waals surface area contributed by atoms with Gasteiger partial charge in [0.1, 0.15) is 6.10 Å². The molecule has 1 aliphatic carbocycles. The van der Waals surface area contributed by atoms with Crippen molar-refractivity contribution in [3.63, 3.8) is 0 Å². The number of aromatic nitrogens is 1. The molecular weight excluding hydrogens is 459 g/mol. The van der Waals surface area contributed by atoms with Gasteiger partial charge in [-0.3, -0.25) is 4.99 Å². The fourth-order valence-corrected chi connectivity index (χ4v) is 2.83. The monoisotopic (exact) mass is 492 g/mol. The first kappa shape index (κ1) is 23.9. The summed E-state index contributed by atoms with van der Waals surface area (Å²) in [5, 5.41) is 6.60. The summed E-state index contributed by atoms with van der Waals surface area (Å²) in [5.74, 6) is 1.49. The van der Waals surface area contributed by atoms with E-state index in [1.165, 1.54) is 12.8 Å². The summed E-state index contributed by atoms with van der Waals surface area (Å²) in [5.41, 5.74) is 1.12. The van der Waals surface area contributed by atoms with Crippen LogP contribution < -0.4 is 15.4 Å². The SMILES string of the molecule is CN=C(NCCCOCCOC)NCc1ccnc(OC2CCCC2)c1.I. The largest absolute Gasteiger partial charge is 0.474 e. The van der Waals surface area contributed by atoms with Crippen LogP contribution in [0.2, 0.25) is 0 Å². The molecule has 0 aromatic carbocycles. The lowest BCUT2D eigenvalue weighted by Gasteiger charge is -2.14. The van der Waals surface area contributed by atoms with Crippen molar-refractivity contribution in [2.24, 2.45) is 4.99 Å². The van der Waals surface area contributed by atoms with E-state index in [-0.39, 0.29) is 24.0 Å². The number of ether oxygens (including phenoxy) is 3. The number of methoxy groups -OCH3 is 1. The summed E-state index contributed by atoms with van der Waals surface area (Å²) < 4.78 is 16.3. The molecule has 1 aromatic rings. The Bertz CT molecular complexity index is 539. The van der Waals surface area contributed by atoms with Gasteiger partial charge in [0.25, 0.3) is 0 Å². The number of halogens is 1. The molecule has 1 saturated carbocycles. The van der Waals surface area contributed by atoms with E-state index in [2.05, 4.69) is 20.6 Å². The third kappa shape index (κ3) is 10.1. The Morgan fingerprint density at radius 1 is 1.22 bits per heavy atom. The third-order valence-corrected chi connectivity index (χ3v) is 4.26. The van der Waals surface area contributed by atoms with E-state index >= 15 is 0 Å². The van der Waals surface area contributed by atoms with Crippen molar-refractivity contribution in [3.8, 4) is 5.88 Å². The number of aliphatic imine (C=N–C) groups is 1. The van der Waals surface area contributed by atoms with Crippen LogP contribution in [0.15, 0.2) is 23.3 Å². The zero-order valence-corrected chi connectivity index (χ0v) is 18.7. The van der Waals surface area contributed by atoms with E-state index < -0.39 is 0 Å². The molecule has 1 heterocycles. The van der Waals surface area contributed by atoms with Gasteiger partial charge in [-0.15, -0.1) is 24.0 Å². The molecule has 1 aliphatic rings. The molecule has 0 amide bonds. The molecule has 0 radical (unpaired) electrons. The first-order valence-electron chi connectivity index (χ1n) is 9.44. The van der Waals surface area contributed by atoms with E-state index in [0.29, 0.717) is 38.3 Å². The quantitative estimate of drug-likeness (QED) is 0.214. The molecule has 0 atom stereocenters. The maximum absolute atomic E-state index is 5.96. The molecule has 0 saturated heterocycles. The topological polar surface area (TPSA) is 77.0 Å². The second kappa shape index (κ2) is 14.9. The minimum absolute atomic E-state index is 0. The van der Waals surface area contributed by atoms with Crippen molar-refractivity contribution in [1.82, 2.24) is 15.6 Å². The number of rotatable bonds is 11. The molecule has 154 valence electrons. The average Bonchev–Trinajstić information content (AvgIpc) is 3.17. The maximum Gasteiger partial charge on any atom is 0.213 e. The third-order valence-electron chi connectivity index (χ3n) is 4.26. The minimum Gasteiger partial charge on any atom is -0.474 e. The lowest BCUT2D eigenvalue weighted by atomic mass is 10.2. The first-order chi connectivity index (χ1) is 12.8. The number of nitrogens with zero attached hydrogens (tertiary/aromatic N) is 2. The van der Waals surface area contributed by atoms with Crippen molar-refractivity contribution >= 4 is 29.9 Å². The fourth-order valence-electron chi connectivity index (χ4n) is 2.83. The van der Waals surface area contributed by atoms with E-state index in [1.807, 2.05) is 12.1 Å². The number of guanidine groups is 1. The van der Waals surface area contributed by atoms with Gasteiger partial charge in [-0.2, -0.15) is 0 Å². The van der Waals surface area contributed by atoms with Gasteiger partial charge in [0.05, 0.1) is 13.2 Å². The van der Waals surface area contributed by atoms with Crippen LogP contribution in [0, 0.1) is 0 Å². The molecule has 0 bridgehead atoms. The zero-order chi connectivity index (χ0) is 18.5. The van der Waals surface area contributed by atoms with Crippen molar-refractivity contribution in [1.29, 1.82) is 0 Å². The normalized spacial score (nSPS) is 14.7. The standard InChI is InChI=1S/C19H32N4O3.HI/c1-20-19(22-9-5-11-25-13-12-24-2)23-15-16-8-10-21-18(14-16)26-17-6-3-4-7-17;/h8,10,14,17H,3-7,9,11-13,15H2,1-2H3,(H2,20,22,23);1H. The highest BCUT2D eigenvalue weighted by molar-refractivity contribution is 14.0. The van der Waals surface area contributed by atoms with Crippen molar-refractivity contribution < 1.29 is 14.2 Å². The highest BCUT2D eigenvalue weighted by Crippen LogP contribution is 2.23. The first-order valence-corrected chi connectivity index (χ1v) is 9.44. The van der Waals surface area contributed by atoms with Gasteiger partial charge in [0.2, 0.25) is 5.88 Å². The maximum atomic E-state index is 5.96. The molecule has 27 heavy (non-hydrogen) atoms. The Morgan fingerprint density at radius 3 is 2.78 bits per heavy atom. The molecule has 1 aromatic heterocycles. The molecule has 0 spiro atoms. The van der Waals surface area contributed by atoms with E-state index in [1.54, 1.807) is 20.4 Å². The molecule has 0 unspecified atom stereocenters. The van der Waals surface area contributed by atoms with E-state index in [0.717, 1.165) is 37.3 Å². The number of pyridine rings is 1. The van der Waals surface area contributed by atoms with Crippen LogP contribution in [-0.2, 0) is 16.0 Å². The van der Waals surface area contributed by atoms with Gasteiger partial charge in [-0.25, -0.2) is 4.98 Å². The second-order valence-corrected chi connectivity index (χ2v) is 6.34. The van der Waals surface area contributed by atoms with E-state index in [4.69, 9.17) is 14.2 Å². The Labute approximate surface area is 179 Å². The van der Waals surface area contributed by atoms with Crippen LogP contribution >= 0.6 is 24.0 Å². The van der Waals surface area contributed by atoms with Crippen LogP contribution in [-0.4, -0.2) is 57.6 Å². The van der Waals surface area contributed by atoms with Gasteiger partial charge < -0.3 is 24.8 Å². The molecule has 1 fully saturated rings. The minimum atomic E-state index is 0. The summed E-state index contributed by atoms with van der Waals surface area (Å²) in [6, 6.07) is 3.99. The van der Waals surface area contributed by atoms with Crippen LogP contribution in [0.1, 0.15) is 37.7 Å². The molecule has 8 heteroatoms. The summed E-state index contributed by atoms with van der Waals surface area (Å²) in [4.78, 5) is 8.57. The molecule has 0 aliphatic heterocycles. The zero-order valence-electron chi connectivity index (χ0n) is 16.4. The molecule has 2 N–H and O–H groups in total. The van der Waals surface area contributed by atoms with Crippen molar-refractivity contribution in [2.45, 2.75) is 44.8 Å². The summed E-state index contributed by atoms with van der Waals surface area (Å²) in [6.07, 6.45) is 7.82. The Balaban J connectivity index is 0.00000364. The van der Waals surface area contributed by atoms with Crippen LogP contribution in [0.5, 0.6) is 5.88 Å². The van der Waals surface area contributed by atoms with Crippen LogP contribution in [0.3, 0.4) is 0 Å². The highest BCUT2D eigenvalue weighted by atomic mass is 127. The Morgan fingerprint density at radius 2 is 2.04 bits per heavy atom. The Hall–Kier alpha value is -1.13. The van der Waals surface area contributed by atoms with Crippen LogP contribution in [0.25, 0.3) is 0 Å². The molecular formula is C19H33IN4O3. The van der Waals surface area contributed by atoms with Gasteiger partial charge >= 0.3 is 0 Å².